The molecule has 1 saturated carbocycles. The lowest BCUT2D eigenvalue weighted by Crippen LogP contribution is -2.40. The standard InChI is InChI=1S/C15H22FN3O/c1-3-7-17-13-12(8-11(16)9-18-13)14(20)19-10-15(2)5-4-6-15/h8-9H,3-7,10H2,1-2H3,(H,17,18)(H,19,20). The second kappa shape index (κ2) is 6.20. The third-order valence-electron chi connectivity index (χ3n) is 3.88. The molecule has 2 rings (SSSR count). The van der Waals surface area contributed by atoms with Gasteiger partial charge in [0.25, 0.3) is 5.91 Å². The zero-order chi connectivity index (χ0) is 14.6. The first-order valence-corrected chi connectivity index (χ1v) is 7.22. The molecule has 0 aliphatic heterocycles. The Morgan fingerprint density at radius 1 is 1.50 bits per heavy atom. The van der Waals surface area contributed by atoms with Gasteiger partial charge in [0.05, 0.1) is 11.8 Å². The topological polar surface area (TPSA) is 54.0 Å². The lowest BCUT2D eigenvalue weighted by atomic mass is 9.70. The van der Waals surface area contributed by atoms with Crippen LogP contribution in [0.25, 0.3) is 0 Å². The fourth-order valence-electron chi connectivity index (χ4n) is 2.34. The van der Waals surface area contributed by atoms with Crippen molar-refractivity contribution in [2.45, 2.75) is 39.5 Å². The van der Waals surface area contributed by atoms with Crippen LogP contribution in [-0.4, -0.2) is 24.0 Å². The molecule has 20 heavy (non-hydrogen) atoms. The summed E-state index contributed by atoms with van der Waals surface area (Å²) in [5.74, 6) is -0.305. The van der Waals surface area contributed by atoms with Gasteiger partial charge in [0, 0.05) is 13.1 Å². The molecule has 1 aliphatic rings. The number of halogens is 1. The van der Waals surface area contributed by atoms with Crippen molar-refractivity contribution >= 4 is 11.7 Å². The highest BCUT2D eigenvalue weighted by molar-refractivity contribution is 5.98. The van der Waals surface area contributed by atoms with E-state index in [-0.39, 0.29) is 16.9 Å². The van der Waals surface area contributed by atoms with E-state index < -0.39 is 5.82 Å². The normalized spacial score (nSPS) is 16.4. The van der Waals surface area contributed by atoms with Crippen LogP contribution in [0.3, 0.4) is 0 Å². The minimum Gasteiger partial charge on any atom is -0.369 e. The number of carbonyl (C=O) groups is 1. The van der Waals surface area contributed by atoms with Gasteiger partial charge in [-0.25, -0.2) is 9.37 Å². The van der Waals surface area contributed by atoms with Crippen molar-refractivity contribution in [2.75, 3.05) is 18.4 Å². The Labute approximate surface area is 119 Å². The molecule has 0 unspecified atom stereocenters. The lowest BCUT2D eigenvalue weighted by Gasteiger charge is -2.38. The van der Waals surface area contributed by atoms with Gasteiger partial charge in [0.2, 0.25) is 0 Å². The number of hydrogen-bond acceptors (Lipinski definition) is 3. The molecular weight excluding hydrogens is 257 g/mol. The zero-order valence-electron chi connectivity index (χ0n) is 12.1. The molecule has 0 saturated heterocycles. The maximum absolute atomic E-state index is 13.3. The van der Waals surface area contributed by atoms with Crippen LogP contribution in [0.1, 0.15) is 49.9 Å². The van der Waals surface area contributed by atoms with Crippen LogP contribution < -0.4 is 10.6 Å². The summed E-state index contributed by atoms with van der Waals surface area (Å²) < 4.78 is 13.3. The number of anilines is 1. The van der Waals surface area contributed by atoms with Gasteiger partial charge in [-0.05, 0) is 30.7 Å². The van der Waals surface area contributed by atoms with Crippen molar-refractivity contribution in [3.8, 4) is 0 Å². The van der Waals surface area contributed by atoms with Crippen LogP contribution in [0.15, 0.2) is 12.3 Å². The van der Waals surface area contributed by atoms with Crippen LogP contribution in [0.5, 0.6) is 0 Å². The molecule has 0 atom stereocenters. The summed E-state index contributed by atoms with van der Waals surface area (Å²) >= 11 is 0. The fourth-order valence-corrected chi connectivity index (χ4v) is 2.34. The largest absolute Gasteiger partial charge is 0.369 e. The SMILES string of the molecule is CCCNc1ncc(F)cc1C(=O)NCC1(C)CCC1. The molecule has 0 bridgehead atoms. The highest BCUT2D eigenvalue weighted by atomic mass is 19.1. The summed E-state index contributed by atoms with van der Waals surface area (Å²) in [5.41, 5.74) is 0.481. The van der Waals surface area contributed by atoms with Crippen molar-refractivity contribution in [3.05, 3.63) is 23.6 Å². The molecule has 0 aromatic carbocycles. The van der Waals surface area contributed by atoms with Gasteiger partial charge in [0.1, 0.15) is 11.6 Å². The van der Waals surface area contributed by atoms with Crippen molar-refractivity contribution in [1.82, 2.24) is 10.3 Å². The molecule has 1 aliphatic carbocycles. The Bertz CT molecular complexity index is 486. The van der Waals surface area contributed by atoms with Crippen LogP contribution >= 0.6 is 0 Å². The maximum atomic E-state index is 13.3. The number of amides is 1. The van der Waals surface area contributed by atoms with Crippen molar-refractivity contribution in [1.29, 1.82) is 0 Å². The number of pyridine rings is 1. The number of carbonyl (C=O) groups excluding carboxylic acids is 1. The second-order valence-corrected chi connectivity index (χ2v) is 5.82. The molecule has 1 aromatic heterocycles. The quantitative estimate of drug-likeness (QED) is 0.841. The summed E-state index contributed by atoms with van der Waals surface area (Å²) in [6.45, 7) is 5.52. The molecule has 4 nitrogen and oxygen atoms in total. The smallest absolute Gasteiger partial charge is 0.255 e. The first-order chi connectivity index (χ1) is 9.54. The predicted molar refractivity (Wildman–Crippen MR) is 77.3 cm³/mol. The van der Waals surface area contributed by atoms with Crippen LogP contribution in [0.2, 0.25) is 0 Å². The average molecular weight is 279 g/mol. The minimum atomic E-state index is -0.493. The van der Waals surface area contributed by atoms with E-state index in [0.29, 0.717) is 18.9 Å². The van der Waals surface area contributed by atoms with Gasteiger partial charge in [-0.2, -0.15) is 0 Å². The first-order valence-electron chi connectivity index (χ1n) is 7.22. The number of nitrogens with zero attached hydrogens (tertiary/aromatic N) is 1. The molecular formula is C15H22FN3O. The molecule has 1 fully saturated rings. The molecule has 110 valence electrons. The number of rotatable bonds is 6. The van der Waals surface area contributed by atoms with Gasteiger partial charge in [0.15, 0.2) is 0 Å². The Hall–Kier alpha value is -1.65. The number of nitrogens with one attached hydrogen (secondary N) is 2. The molecule has 1 heterocycles. The maximum Gasteiger partial charge on any atom is 0.255 e. The van der Waals surface area contributed by atoms with Gasteiger partial charge in [-0.3, -0.25) is 4.79 Å². The second-order valence-electron chi connectivity index (χ2n) is 5.82. The minimum absolute atomic E-state index is 0.202. The molecule has 2 N–H and O–H groups in total. The Balaban J connectivity index is 2.04. The fraction of sp³-hybridized carbons (Fsp3) is 0.600. The molecule has 0 radical (unpaired) electrons. The summed E-state index contributed by atoms with van der Waals surface area (Å²) in [4.78, 5) is 16.2. The van der Waals surface area contributed by atoms with E-state index in [0.717, 1.165) is 25.5 Å². The van der Waals surface area contributed by atoms with Gasteiger partial charge in [-0.1, -0.05) is 20.3 Å². The molecule has 5 heteroatoms. The summed E-state index contributed by atoms with van der Waals surface area (Å²) in [6.07, 6.45) is 5.53. The Kier molecular flexibility index (Phi) is 4.57. The highest BCUT2D eigenvalue weighted by Gasteiger charge is 2.32. The monoisotopic (exact) mass is 279 g/mol. The van der Waals surface area contributed by atoms with Crippen molar-refractivity contribution in [3.63, 3.8) is 0 Å². The van der Waals surface area contributed by atoms with Crippen LogP contribution in [0, 0.1) is 11.2 Å². The van der Waals surface area contributed by atoms with Crippen LogP contribution in [0.4, 0.5) is 10.2 Å². The third kappa shape index (κ3) is 3.46. The van der Waals surface area contributed by atoms with Crippen molar-refractivity contribution < 1.29 is 9.18 Å². The van der Waals surface area contributed by atoms with Gasteiger partial charge < -0.3 is 10.6 Å². The van der Waals surface area contributed by atoms with E-state index in [1.807, 2.05) is 6.92 Å². The van der Waals surface area contributed by atoms with Crippen LogP contribution in [-0.2, 0) is 0 Å². The zero-order valence-corrected chi connectivity index (χ0v) is 12.1. The Morgan fingerprint density at radius 2 is 2.25 bits per heavy atom. The average Bonchev–Trinajstić information content (AvgIpc) is 2.41. The molecule has 1 amide bonds. The number of aromatic nitrogens is 1. The van der Waals surface area contributed by atoms with E-state index in [9.17, 15) is 9.18 Å². The lowest BCUT2D eigenvalue weighted by molar-refractivity contribution is 0.0891. The summed E-state index contributed by atoms with van der Waals surface area (Å²) in [5, 5.41) is 5.96. The summed E-state index contributed by atoms with van der Waals surface area (Å²) in [6, 6.07) is 1.24. The van der Waals surface area contributed by atoms with Crippen molar-refractivity contribution in [2.24, 2.45) is 5.41 Å². The van der Waals surface area contributed by atoms with E-state index in [4.69, 9.17) is 0 Å². The van der Waals surface area contributed by atoms with E-state index in [1.165, 1.54) is 12.5 Å². The third-order valence-corrected chi connectivity index (χ3v) is 3.88. The van der Waals surface area contributed by atoms with E-state index in [1.54, 1.807) is 0 Å². The van der Waals surface area contributed by atoms with Gasteiger partial charge in [-0.15, -0.1) is 0 Å². The highest BCUT2D eigenvalue weighted by Crippen LogP contribution is 2.39. The number of hydrogen-bond donors (Lipinski definition) is 2. The molecule has 0 spiro atoms. The summed E-state index contributed by atoms with van der Waals surface area (Å²) in [7, 11) is 0. The van der Waals surface area contributed by atoms with Gasteiger partial charge >= 0.3 is 0 Å². The van der Waals surface area contributed by atoms with E-state index >= 15 is 0 Å². The Morgan fingerprint density at radius 3 is 2.85 bits per heavy atom. The predicted octanol–water partition coefficient (Wildman–Crippen LogP) is 2.96. The molecule has 1 aromatic rings. The first kappa shape index (κ1) is 14.8. The van der Waals surface area contributed by atoms with E-state index in [2.05, 4.69) is 22.5 Å².